The van der Waals surface area contributed by atoms with E-state index < -0.39 is 17.9 Å². The zero-order valence-electron chi connectivity index (χ0n) is 18.6. The highest BCUT2D eigenvalue weighted by Crippen LogP contribution is 2.44. The lowest BCUT2D eigenvalue weighted by Gasteiger charge is -2.31. The van der Waals surface area contributed by atoms with E-state index in [1.807, 2.05) is 13.0 Å². The van der Waals surface area contributed by atoms with E-state index in [9.17, 15) is 13.6 Å². The Hall–Kier alpha value is -3.07. The lowest BCUT2D eigenvalue weighted by atomic mass is 10.1. The number of para-hydroxylation sites is 1. The fourth-order valence-corrected chi connectivity index (χ4v) is 4.25. The molecule has 0 radical (unpaired) electrons. The molecule has 0 spiro atoms. The molecule has 2 heterocycles. The molecule has 33 heavy (non-hydrogen) atoms. The predicted molar refractivity (Wildman–Crippen MR) is 123 cm³/mol. The molecule has 1 aliphatic heterocycles. The van der Waals surface area contributed by atoms with Crippen LogP contribution in [-0.4, -0.2) is 26.8 Å². The molecule has 1 atom stereocenters. The van der Waals surface area contributed by atoms with Crippen LogP contribution in [0.25, 0.3) is 11.3 Å². The maximum Gasteiger partial charge on any atom is 0.247 e. The standard InChI is InChI=1S/C24H24F2N4O2S/c1-4-7-20(31)30-19-9-6-5-8-17(19)21-22(27-24(29-28-21)33-13-14(2)3)32-23(30)16-11-10-15(25)12-18(16)26/h5-6,8-12,14,23H,4,7,13H2,1-3H3/t23-/m0/s1. The highest BCUT2D eigenvalue weighted by Gasteiger charge is 2.37. The average Bonchev–Trinajstić information content (AvgIpc) is 2.92. The zero-order chi connectivity index (χ0) is 23.5. The summed E-state index contributed by atoms with van der Waals surface area (Å²) in [4.78, 5) is 19.2. The number of carbonyl (C=O) groups is 1. The number of halogens is 2. The van der Waals surface area contributed by atoms with Crippen molar-refractivity contribution in [2.24, 2.45) is 5.92 Å². The van der Waals surface area contributed by atoms with Crippen molar-refractivity contribution >= 4 is 23.4 Å². The van der Waals surface area contributed by atoms with E-state index in [0.29, 0.717) is 34.4 Å². The largest absolute Gasteiger partial charge is 0.447 e. The molecule has 0 fully saturated rings. The Morgan fingerprint density at radius 3 is 2.70 bits per heavy atom. The van der Waals surface area contributed by atoms with Crippen molar-refractivity contribution in [3.05, 3.63) is 59.7 Å². The van der Waals surface area contributed by atoms with E-state index in [0.717, 1.165) is 17.9 Å². The first-order valence-corrected chi connectivity index (χ1v) is 11.8. The van der Waals surface area contributed by atoms with E-state index in [-0.39, 0.29) is 23.8 Å². The van der Waals surface area contributed by atoms with Crippen LogP contribution in [0.1, 0.15) is 45.4 Å². The number of amides is 1. The Morgan fingerprint density at radius 1 is 1.18 bits per heavy atom. The van der Waals surface area contributed by atoms with Crippen LogP contribution in [0.2, 0.25) is 0 Å². The first-order chi connectivity index (χ1) is 15.9. The monoisotopic (exact) mass is 470 g/mol. The second-order valence-corrected chi connectivity index (χ2v) is 9.11. The first-order valence-electron chi connectivity index (χ1n) is 10.8. The number of aromatic nitrogens is 3. The van der Waals surface area contributed by atoms with Gasteiger partial charge < -0.3 is 4.74 Å². The van der Waals surface area contributed by atoms with E-state index in [1.165, 1.54) is 22.7 Å². The summed E-state index contributed by atoms with van der Waals surface area (Å²) in [5.74, 6) is -0.436. The fraction of sp³-hybridized carbons (Fsp3) is 0.333. The molecule has 1 aliphatic rings. The summed E-state index contributed by atoms with van der Waals surface area (Å²) in [5.41, 5.74) is 1.49. The highest BCUT2D eigenvalue weighted by molar-refractivity contribution is 7.99. The fourth-order valence-electron chi connectivity index (χ4n) is 3.52. The van der Waals surface area contributed by atoms with Gasteiger partial charge in [0.2, 0.25) is 23.2 Å². The minimum Gasteiger partial charge on any atom is -0.447 e. The number of nitrogens with zero attached hydrogens (tertiary/aromatic N) is 4. The Kier molecular flexibility index (Phi) is 6.88. The van der Waals surface area contributed by atoms with Crippen LogP contribution < -0.4 is 9.64 Å². The average molecular weight is 471 g/mol. The molecule has 0 unspecified atom stereocenters. The second-order valence-electron chi connectivity index (χ2n) is 8.12. The Bertz CT molecular complexity index is 1170. The first kappa shape index (κ1) is 23.1. The van der Waals surface area contributed by atoms with E-state index in [2.05, 4.69) is 29.0 Å². The predicted octanol–water partition coefficient (Wildman–Crippen LogP) is 5.79. The van der Waals surface area contributed by atoms with Crippen LogP contribution in [0.4, 0.5) is 14.5 Å². The van der Waals surface area contributed by atoms with Gasteiger partial charge in [0.25, 0.3) is 0 Å². The van der Waals surface area contributed by atoms with Gasteiger partial charge in [-0.2, -0.15) is 4.98 Å². The number of anilines is 1. The van der Waals surface area contributed by atoms with Gasteiger partial charge in [0, 0.05) is 29.4 Å². The van der Waals surface area contributed by atoms with Crippen LogP contribution in [0.3, 0.4) is 0 Å². The molecule has 0 saturated heterocycles. The van der Waals surface area contributed by atoms with Gasteiger partial charge in [-0.1, -0.05) is 50.7 Å². The molecule has 0 bridgehead atoms. The summed E-state index contributed by atoms with van der Waals surface area (Å²) in [6, 6.07) is 10.3. The van der Waals surface area contributed by atoms with Crippen LogP contribution in [-0.2, 0) is 4.79 Å². The zero-order valence-corrected chi connectivity index (χ0v) is 19.4. The highest BCUT2D eigenvalue weighted by atomic mass is 32.2. The molecule has 9 heteroatoms. The van der Waals surface area contributed by atoms with Crippen molar-refractivity contribution in [2.75, 3.05) is 10.7 Å². The van der Waals surface area contributed by atoms with Gasteiger partial charge >= 0.3 is 0 Å². The summed E-state index contributed by atoms with van der Waals surface area (Å²) in [6.07, 6.45) is -0.370. The Labute approximate surface area is 195 Å². The number of rotatable bonds is 6. The number of carbonyl (C=O) groups excluding carboxylic acids is 1. The van der Waals surface area contributed by atoms with E-state index >= 15 is 0 Å². The summed E-state index contributed by atoms with van der Waals surface area (Å²) in [6.45, 7) is 6.05. The molecule has 172 valence electrons. The summed E-state index contributed by atoms with van der Waals surface area (Å²) >= 11 is 1.44. The third kappa shape index (κ3) is 4.83. The van der Waals surface area contributed by atoms with Gasteiger partial charge in [0.1, 0.15) is 11.6 Å². The molecule has 1 amide bonds. The molecule has 1 aromatic heterocycles. The molecule has 6 nitrogen and oxygen atoms in total. The van der Waals surface area contributed by atoms with Crippen molar-refractivity contribution in [3.8, 4) is 17.1 Å². The molecule has 0 aliphatic carbocycles. The smallest absolute Gasteiger partial charge is 0.247 e. The quantitative estimate of drug-likeness (QED) is 0.425. The normalized spacial score (nSPS) is 15.0. The Morgan fingerprint density at radius 2 is 1.97 bits per heavy atom. The van der Waals surface area contributed by atoms with Crippen molar-refractivity contribution in [3.63, 3.8) is 0 Å². The summed E-state index contributed by atoms with van der Waals surface area (Å²) in [7, 11) is 0. The maximum absolute atomic E-state index is 14.9. The SMILES string of the molecule is CCCC(=O)N1c2ccccc2-c2nnc(SCC(C)C)nc2O[C@H]1c1ccc(F)cc1F. The van der Waals surface area contributed by atoms with Crippen molar-refractivity contribution in [1.29, 1.82) is 0 Å². The van der Waals surface area contributed by atoms with Gasteiger partial charge in [-0.05, 0) is 30.5 Å². The molecular weight excluding hydrogens is 446 g/mol. The van der Waals surface area contributed by atoms with E-state index in [4.69, 9.17) is 4.74 Å². The summed E-state index contributed by atoms with van der Waals surface area (Å²) in [5, 5.41) is 9.01. The maximum atomic E-state index is 14.9. The van der Waals surface area contributed by atoms with Gasteiger partial charge in [-0.25, -0.2) is 8.78 Å². The molecule has 0 saturated carbocycles. The second kappa shape index (κ2) is 9.82. The summed E-state index contributed by atoms with van der Waals surface area (Å²) < 4.78 is 34.8. The number of thioether (sulfide) groups is 1. The number of hydrogen-bond acceptors (Lipinski definition) is 6. The van der Waals surface area contributed by atoms with Crippen LogP contribution in [0.5, 0.6) is 5.88 Å². The Balaban J connectivity index is 1.90. The van der Waals surface area contributed by atoms with Crippen molar-refractivity contribution in [1.82, 2.24) is 15.2 Å². The van der Waals surface area contributed by atoms with Crippen LogP contribution in [0.15, 0.2) is 47.6 Å². The number of benzene rings is 2. The molecule has 3 aromatic rings. The third-order valence-electron chi connectivity index (χ3n) is 5.02. The third-order valence-corrected chi connectivity index (χ3v) is 6.28. The molecule has 4 rings (SSSR count). The van der Waals surface area contributed by atoms with Crippen LogP contribution in [0, 0.1) is 17.6 Å². The minimum absolute atomic E-state index is 0.0264. The lowest BCUT2D eigenvalue weighted by molar-refractivity contribution is -0.120. The molecule has 0 N–H and O–H groups in total. The van der Waals surface area contributed by atoms with Gasteiger partial charge in [-0.15, -0.1) is 10.2 Å². The molecule has 2 aromatic carbocycles. The minimum atomic E-state index is -1.19. The van der Waals surface area contributed by atoms with Crippen molar-refractivity contribution in [2.45, 2.75) is 45.0 Å². The number of fused-ring (bicyclic) bond motifs is 3. The van der Waals surface area contributed by atoms with Gasteiger partial charge in [-0.3, -0.25) is 9.69 Å². The van der Waals surface area contributed by atoms with E-state index in [1.54, 1.807) is 18.2 Å². The lowest BCUT2D eigenvalue weighted by Crippen LogP contribution is -2.38. The van der Waals surface area contributed by atoms with Gasteiger partial charge in [0.15, 0.2) is 5.69 Å². The van der Waals surface area contributed by atoms with Gasteiger partial charge in [0.05, 0.1) is 5.69 Å². The number of ether oxygens (including phenoxy) is 1. The topological polar surface area (TPSA) is 68.2 Å². The van der Waals surface area contributed by atoms with Crippen molar-refractivity contribution < 1.29 is 18.3 Å². The van der Waals surface area contributed by atoms with Crippen LogP contribution >= 0.6 is 11.8 Å². The molecular formula is C24H24F2N4O2S. The number of hydrogen-bond donors (Lipinski definition) is 0.